The van der Waals surface area contributed by atoms with E-state index in [1.807, 2.05) is 60.7 Å². The summed E-state index contributed by atoms with van der Waals surface area (Å²) in [6.07, 6.45) is 1.67. The Morgan fingerprint density at radius 3 is 2.54 bits per heavy atom. The molecular weight excluding hydrogens is 480 g/mol. The third-order valence-corrected chi connectivity index (χ3v) is 7.61. The van der Waals surface area contributed by atoms with Gasteiger partial charge in [-0.3, -0.25) is 19.7 Å². The molecule has 0 fully saturated rings. The van der Waals surface area contributed by atoms with Gasteiger partial charge in [0.2, 0.25) is 11.7 Å². The summed E-state index contributed by atoms with van der Waals surface area (Å²) in [4.78, 5) is 38.1. The minimum absolute atomic E-state index is 0.0255. The van der Waals surface area contributed by atoms with Crippen LogP contribution in [-0.4, -0.2) is 22.4 Å². The van der Waals surface area contributed by atoms with Crippen molar-refractivity contribution in [3.8, 4) is 0 Å². The van der Waals surface area contributed by atoms with Crippen molar-refractivity contribution < 1.29 is 14.5 Å². The van der Waals surface area contributed by atoms with E-state index in [1.165, 1.54) is 17.8 Å². The van der Waals surface area contributed by atoms with Gasteiger partial charge in [-0.25, -0.2) is 0 Å². The zero-order valence-electron chi connectivity index (χ0n) is 18.3. The maximum absolute atomic E-state index is 12.6. The molecule has 1 heterocycles. The first kappa shape index (κ1) is 22.9. The summed E-state index contributed by atoms with van der Waals surface area (Å²) in [6, 6.07) is 25.6. The van der Waals surface area contributed by atoms with Crippen molar-refractivity contribution >= 4 is 63.4 Å². The number of benzene rings is 4. The fraction of sp³-hybridized carbons (Fsp3) is 0.0370. The molecule has 0 saturated heterocycles. The van der Waals surface area contributed by atoms with Gasteiger partial charge in [0.1, 0.15) is 0 Å². The number of fused-ring (bicyclic) bond motifs is 2. The van der Waals surface area contributed by atoms with Crippen molar-refractivity contribution in [2.75, 3.05) is 11.1 Å². The first-order chi connectivity index (χ1) is 17.0. The van der Waals surface area contributed by atoms with Gasteiger partial charge < -0.3 is 5.32 Å². The number of amides is 1. The van der Waals surface area contributed by atoms with Gasteiger partial charge in [0.15, 0.2) is 0 Å². The van der Waals surface area contributed by atoms with Gasteiger partial charge in [0, 0.05) is 22.2 Å². The molecule has 0 unspecified atom stereocenters. The fourth-order valence-corrected chi connectivity index (χ4v) is 5.64. The van der Waals surface area contributed by atoms with Gasteiger partial charge in [0.25, 0.3) is 5.69 Å². The lowest BCUT2D eigenvalue weighted by Gasteiger charge is -2.07. The first-order valence-corrected chi connectivity index (χ1v) is 12.5. The van der Waals surface area contributed by atoms with Gasteiger partial charge in [0.05, 0.1) is 20.5 Å². The van der Waals surface area contributed by atoms with Crippen molar-refractivity contribution in [2.45, 2.75) is 9.79 Å². The van der Waals surface area contributed by atoms with E-state index in [1.54, 1.807) is 24.3 Å². The molecule has 4 aromatic rings. The number of Topliss-reactive ketones (excluding diaryl/α,β-unsaturated/α-hetero) is 1. The van der Waals surface area contributed by atoms with Crippen LogP contribution in [0, 0.1) is 10.1 Å². The summed E-state index contributed by atoms with van der Waals surface area (Å²) in [5.41, 5.74) is 1.77. The lowest BCUT2D eigenvalue weighted by molar-refractivity contribution is -0.387. The van der Waals surface area contributed by atoms with Gasteiger partial charge in [-0.2, -0.15) is 0 Å². The third kappa shape index (κ3) is 4.99. The number of hydrogen-bond donors (Lipinski definition) is 1. The first-order valence-electron chi connectivity index (χ1n) is 10.7. The topological polar surface area (TPSA) is 89.3 Å². The van der Waals surface area contributed by atoms with Gasteiger partial charge in [-0.15, -0.1) is 11.8 Å². The molecular formula is C27H18N2O4S2. The number of allylic oxidation sites excluding steroid dienone is 1. The molecule has 6 nitrogen and oxygen atoms in total. The monoisotopic (exact) mass is 498 g/mol. The molecule has 0 radical (unpaired) electrons. The Kier molecular flexibility index (Phi) is 6.39. The molecule has 0 aliphatic carbocycles. The summed E-state index contributed by atoms with van der Waals surface area (Å²) < 4.78 is 0. The number of thioether (sulfide) groups is 2. The molecule has 4 aromatic carbocycles. The Morgan fingerprint density at radius 2 is 1.74 bits per heavy atom. The number of carbonyl (C=O) groups is 2. The van der Waals surface area contributed by atoms with Gasteiger partial charge >= 0.3 is 0 Å². The lowest BCUT2D eigenvalue weighted by atomic mass is 10.1. The number of ketones is 1. The summed E-state index contributed by atoms with van der Waals surface area (Å²) in [7, 11) is 0. The SMILES string of the molecule is O=C(CSc1ccc(/C=C2\Sc3ccccc3C2=O)cc1[N+](=O)[O-])Nc1ccc2ccccc2c1. The fourth-order valence-electron chi connectivity index (χ4n) is 3.78. The Labute approximate surface area is 209 Å². The van der Waals surface area contributed by atoms with Crippen LogP contribution in [0.1, 0.15) is 15.9 Å². The van der Waals surface area contributed by atoms with Gasteiger partial charge in [-0.05, 0) is 52.7 Å². The van der Waals surface area contributed by atoms with Crippen LogP contribution in [0.25, 0.3) is 16.8 Å². The average Bonchev–Trinajstić information content (AvgIpc) is 3.18. The Bertz CT molecular complexity index is 1530. The summed E-state index contributed by atoms with van der Waals surface area (Å²) in [5.74, 6) is -0.314. The Morgan fingerprint density at radius 1 is 0.971 bits per heavy atom. The molecule has 0 saturated carbocycles. The van der Waals surface area contributed by atoms with Crippen LogP contribution in [0.4, 0.5) is 11.4 Å². The Balaban J connectivity index is 1.29. The molecule has 172 valence electrons. The van der Waals surface area contributed by atoms with Crippen molar-refractivity contribution in [2.24, 2.45) is 0 Å². The normalized spacial score (nSPS) is 13.7. The van der Waals surface area contributed by atoms with Crippen LogP contribution in [0.5, 0.6) is 0 Å². The number of nitrogens with zero attached hydrogens (tertiary/aromatic N) is 1. The molecule has 1 N–H and O–H groups in total. The molecule has 5 rings (SSSR count). The highest BCUT2D eigenvalue weighted by atomic mass is 32.2. The molecule has 0 bridgehead atoms. The lowest BCUT2D eigenvalue weighted by Crippen LogP contribution is -2.14. The molecule has 35 heavy (non-hydrogen) atoms. The molecule has 0 aromatic heterocycles. The summed E-state index contributed by atoms with van der Waals surface area (Å²) in [6.45, 7) is 0. The number of nitrogens with one attached hydrogen (secondary N) is 1. The number of nitro benzene ring substituents is 1. The van der Waals surface area contributed by atoms with Crippen molar-refractivity contribution in [1.82, 2.24) is 0 Å². The molecule has 1 amide bonds. The highest BCUT2D eigenvalue weighted by molar-refractivity contribution is 8.04. The average molecular weight is 499 g/mol. The molecule has 0 atom stereocenters. The minimum Gasteiger partial charge on any atom is -0.325 e. The second-order valence-corrected chi connectivity index (χ2v) is 9.92. The van der Waals surface area contributed by atoms with Crippen LogP contribution < -0.4 is 5.32 Å². The van der Waals surface area contributed by atoms with E-state index in [9.17, 15) is 19.7 Å². The second-order valence-electron chi connectivity index (χ2n) is 7.82. The van der Waals surface area contributed by atoms with Crippen LogP contribution >= 0.6 is 23.5 Å². The van der Waals surface area contributed by atoms with E-state index in [0.29, 0.717) is 26.6 Å². The van der Waals surface area contributed by atoms with Crippen LogP contribution in [0.15, 0.2) is 99.6 Å². The number of rotatable bonds is 6. The van der Waals surface area contributed by atoms with Crippen LogP contribution in [0.3, 0.4) is 0 Å². The van der Waals surface area contributed by atoms with E-state index < -0.39 is 4.92 Å². The van der Waals surface area contributed by atoms with E-state index in [2.05, 4.69) is 5.32 Å². The highest BCUT2D eigenvalue weighted by Crippen LogP contribution is 2.41. The molecule has 8 heteroatoms. The van der Waals surface area contributed by atoms with Crippen LogP contribution in [0.2, 0.25) is 0 Å². The zero-order chi connectivity index (χ0) is 24.4. The zero-order valence-corrected chi connectivity index (χ0v) is 19.9. The number of hydrogen-bond acceptors (Lipinski definition) is 6. The maximum Gasteiger partial charge on any atom is 0.283 e. The van der Waals surface area contributed by atoms with Crippen molar-refractivity contribution in [1.29, 1.82) is 0 Å². The molecule has 1 aliphatic rings. The maximum atomic E-state index is 12.6. The van der Waals surface area contributed by atoms with Crippen molar-refractivity contribution in [3.63, 3.8) is 0 Å². The standard InChI is InChI=1S/C27H18N2O4S2/c30-26(28-20-11-10-18-5-1-2-6-19(18)15-20)16-34-24-12-9-17(13-22(24)29(32)33)14-25-27(31)21-7-3-4-8-23(21)35-25/h1-15H,16H2,(H,28,30)/b25-14-. The summed E-state index contributed by atoms with van der Waals surface area (Å²) >= 11 is 2.46. The molecule has 0 spiro atoms. The molecule has 1 aliphatic heterocycles. The number of carbonyl (C=O) groups excluding carboxylic acids is 2. The van der Waals surface area contributed by atoms with E-state index >= 15 is 0 Å². The third-order valence-electron chi connectivity index (χ3n) is 5.44. The van der Waals surface area contributed by atoms with Crippen molar-refractivity contribution in [3.05, 3.63) is 111 Å². The smallest absolute Gasteiger partial charge is 0.283 e. The van der Waals surface area contributed by atoms with E-state index in [-0.39, 0.29) is 23.1 Å². The highest BCUT2D eigenvalue weighted by Gasteiger charge is 2.25. The van der Waals surface area contributed by atoms with Crippen LogP contribution in [-0.2, 0) is 4.79 Å². The quantitative estimate of drug-likeness (QED) is 0.136. The second kappa shape index (κ2) is 9.77. The minimum atomic E-state index is -0.468. The van der Waals surface area contributed by atoms with E-state index in [4.69, 9.17) is 0 Å². The number of nitro groups is 1. The largest absolute Gasteiger partial charge is 0.325 e. The summed E-state index contributed by atoms with van der Waals surface area (Å²) in [5, 5.41) is 16.7. The van der Waals surface area contributed by atoms with E-state index in [0.717, 1.165) is 27.4 Å². The number of anilines is 1. The Hall–Kier alpha value is -3.88. The predicted molar refractivity (Wildman–Crippen MR) is 141 cm³/mol. The van der Waals surface area contributed by atoms with Gasteiger partial charge in [-0.1, -0.05) is 60.3 Å². The predicted octanol–water partition coefficient (Wildman–Crippen LogP) is 6.81.